The maximum absolute atomic E-state index is 12.4. The highest BCUT2D eigenvalue weighted by molar-refractivity contribution is 5.94. The van der Waals surface area contributed by atoms with Gasteiger partial charge >= 0.3 is 0 Å². The zero-order chi connectivity index (χ0) is 16.9. The topological polar surface area (TPSA) is 46.9 Å². The molecule has 0 bridgehead atoms. The van der Waals surface area contributed by atoms with E-state index in [2.05, 4.69) is 22.9 Å². The van der Waals surface area contributed by atoms with Gasteiger partial charge in [0, 0.05) is 12.1 Å². The second kappa shape index (κ2) is 7.30. The van der Waals surface area contributed by atoms with E-state index in [4.69, 9.17) is 4.98 Å². The summed E-state index contributed by atoms with van der Waals surface area (Å²) >= 11 is 0. The minimum absolute atomic E-state index is 0.0622. The fourth-order valence-corrected chi connectivity index (χ4v) is 2.87. The summed E-state index contributed by atoms with van der Waals surface area (Å²) in [5.74, 6) is 0.846. The fraction of sp³-hybridized carbons (Fsp3) is 0.300. The molecule has 124 valence electrons. The van der Waals surface area contributed by atoms with Crippen LogP contribution in [0.1, 0.15) is 41.5 Å². The van der Waals surface area contributed by atoms with Crippen molar-refractivity contribution < 1.29 is 4.79 Å². The third-order valence-corrected chi connectivity index (χ3v) is 4.16. The fourth-order valence-electron chi connectivity index (χ4n) is 2.87. The second-order valence-corrected chi connectivity index (χ2v) is 6.07. The highest BCUT2D eigenvalue weighted by atomic mass is 16.1. The number of hydrogen-bond acceptors (Lipinski definition) is 2. The number of benzene rings is 2. The van der Waals surface area contributed by atoms with Gasteiger partial charge in [-0.2, -0.15) is 0 Å². The highest BCUT2D eigenvalue weighted by Crippen LogP contribution is 2.17. The summed E-state index contributed by atoms with van der Waals surface area (Å²) in [5, 5.41) is 3.00. The lowest BCUT2D eigenvalue weighted by Gasteiger charge is -2.10. The first-order valence-corrected chi connectivity index (χ1v) is 8.48. The third-order valence-electron chi connectivity index (χ3n) is 4.16. The Labute approximate surface area is 142 Å². The molecule has 0 unspecified atom stereocenters. The number of amides is 1. The summed E-state index contributed by atoms with van der Waals surface area (Å²) < 4.78 is 2.22. The van der Waals surface area contributed by atoms with Crippen LogP contribution in [0.3, 0.4) is 0 Å². The number of nitrogens with zero attached hydrogens (tertiary/aromatic N) is 2. The molecule has 1 N–H and O–H groups in total. The molecule has 0 radical (unpaired) electrons. The minimum atomic E-state index is -0.0622. The summed E-state index contributed by atoms with van der Waals surface area (Å²) in [7, 11) is 0. The molecule has 3 aromatic rings. The number of rotatable bonds is 6. The van der Waals surface area contributed by atoms with Crippen LogP contribution in [0.5, 0.6) is 0 Å². The quantitative estimate of drug-likeness (QED) is 0.744. The van der Waals surface area contributed by atoms with E-state index >= 15 is 0 Å². The molecule has 0 atom stereocenters. The van der Waals surface area contributed by atoms with Crippen molar-refractivity contribution in [3.05, 3.63) is 65.5 Å². The van der Waals surface area contributed by atoms with Crippen LogP contribution in [-0.2, 0) is 13.1 Å². The molecule has 0 saturated heterocycles. The third kappa shape index (κ3) is 3.48. The van der Waals surface area contributed by atoms with Crippen molar-refractivity contribution in [2.24, 2.45) is 0 Å². The normalized spacial score (nSPS) is 10.9. The lowest BCUT2D eigenvalue weighted by Crippen LogP contribution is -2.24. The van der Waals surface area contributed by atoms with Gasteiger partial charge in [-0.1, -0.05) is 43.2 Å². The number of aromatic nitrogens is 2. The lowest BCUT2D eigenvalue weighted by molar-refractivity contribution is 0.0949. The highest BCUT2D eigenvalue weighted by Gasteiger charge is 2.12. The van der Waals surface area contributed by atoms with E-state index in [-0.39, 0.29) is 5.91 Å². The van der Waals surface area contributed by atoms with E-state index < -0.39 is 0 Å². The first kappa shape index (κ1) is 16.2. The van der Waals surface area contributed by atoms with E-state index in [0.717, 1.165) is 41.8 Å². The minimum Gasteiger partial charge on any atom is -0.345 e. The van der Waals surface area contributed by atoms with E-state index in [1.807, 2.05) is 49.4 Å². The number of imidazole rings is 1. The number of carbonyl (C=O) groups is 1. The zero-order valence-corrected chi connectivity index (χ0v) is 14.2. The number of fused-ring (bicyclic) bond motifs is 1. The Morgan fingerprint density at radius 1 is 1.17 bits per heavy atom. The molecule has 1 aromatic heterocycles. The summed E-state index contributed by atoms with van der Waals surface area (Å²) in [5.41, 5.74) is 3.88. The number of carbonyl (C=O) groups excluding carboxylic acids is 1. The van der Waals surface area contributed by atoms with Crippen molar-refractivity contribution >= 4 is 16.9 Å². The Kier molecular flexibility index (Phi) is 4.94. The molecule has 3 rings (SSSR count). The molecule has 0 aliphatic rings. The van der Waals surface area contributed by atoms with Crippen LogP contribution in [-0.4, -0.2) is 15.5 Å². The standard InChI is InChI=1S/C20H23N3O/c1-3-4-12-23-18-11-6-5-10-17(18)22-19(23)14-21-20(24)16-9-7-8-15(2)13-16/h5-11,13H,3-4,12,14H2,1-2H3,(H,21,24). The maximum Gasteiger partial charge on any atom is 0.251 e. The smallest absolute Gasteiger partial charge is 0.251 e. The van der Waals surface area contributed by atoms with Crippen molar-refractivity contribution in [3.63, 3.8) is 0 Å². The van der Waals surface area contributed by atoms with Crippen molar-refractivity contribution in [1.29, 1.82) is 0 Å². The summed E-state index contributed by atoms with van der Waals surface area (Å²) in [6, 6.07) is 15.8. The van der Waals surface area contributed by atoms with Crippen LogP contribution < -0.4 is 5.32 Å². The number of hydrogen-bond donors (Lipinski definition) is 1. The molecule has 24 heavy (non-hydrogen) atoms. The Balaban J connectivity index is 1.80. The molecule has 0 spiro atoms. The zero-order valence-electron chi connectivity index (χ0n) is 14.2. The Bertz CT molecular complexity index is 851. The molecule has 4 heteroatoms. The van der Waals surface area contributed by atoms with Crippen molar-refractivity contribution in [3.8, 4) is 0 Å². The van der Waals surface area contributed by atoms with Crippen LogP contribution in [0, 0.1) is 6.92 Å². The van der Waals surface area contributed by atoms with Gasteiger partial charge in [0.2, 0.25) is 0 Å². The van der Waals surface area contributed by atoms with Crippen molar-refractivity contribution in [2.75, 3.05) is 0 Å². The largest absolute Gasteiger partial charge is 0.345 e. The van der Waals surface area contributed by atoms with Gasteiger partial charge in [-0.25, -0.2) is 4.98 Å². The first-order chi connectivity index (χ1) is 11.7. The molecule has 1 heterocycles. The van der Waals surface area contributed by atoms with Crippen molar-refractivity contribution in [2.45, 2.75) is 39.8 Å². The van der Waals surface area contributed by atoms with Gasteiger partial charge < -0.3 is 9.88 Å². The number of para-hydroxylation sites is 2. The van der Waals surface area contributed by atoms with Crippen molar-refractivity contribution in [1.82, 2.24) is 14.9 Å². The Morgan fingerprint density at radius 2 is 2.00 bits per heavy atom. The summed E-state index contributed by atoms with van der Waals surface area (Å²) in [4.78, 5) is 17.1. The van der Waals surface area contributed by atoms with Gasteiger partial charge in [-0.3, -0.25) is 4.79 Å². The molecule has 0 aliphatic carbocycles. The van der Waals surface area contributed by atoms with E-state index in [1.165, 1.54) is 0 Å². The molecule has 0 saturated carbocycles. The molecule has 1 amide bonds. The van der Waals surface area contributed by atoms with Gasteiger partial charge in [0.25, 0.3) is 5.91 Å². The van der Waals surface area contributed by atoms with Crippen LogP contribution in [0.15, 0.2) is 48.5 Å². The predicted octanol–water partition coefficient (Wildman–Crippen LogP) is 4.07. The maximum atomic E-state index is 12.4. The molecular weight excluding hydrogens is 298 g/mol. The predicted molar refractivity (Wildman–Crippen MR) is 97.0 cm³/mol. The monoisotopic (exact) mass is 321 g/mol. The molecular formula is C20H23N3O. The number of unbranched alkanes of at least 4 members (excludes halogenated alkanes) is 1. The lowest BCUT2D eigenvalue weighted by atomic mass is 10.1. The molecule has 4 nitrogen and oxygen atoms in total. The average Bonchev–Trinajstić information content (AvgIpc) is 2.95. The van der Waals surface area contributed by atoms with Gasteiger partial charge in [0.1, 0.15) is 5.82 Å². The van der Waals surface area contributed by atoms with Gasteiger partial charge in [0.05, 0.1) is 17.6 Å². The van der Waals surface area contributed by atoms with E-state index in [1.54, 1.807) is 0 Å². The summed E-state index contributed by atoms with van der Waals surface area (Å²) in [6.45, 7) is 5.52. The van der Waals surface area contributed by atoms with Gasteiger partial charge in [-0.15, -0.1) is 0 Å². The molecule has 2 aromatic carbocycles. The number of nitrogens with one attached hydrogen (secondary N) is 1. The Morgan fingerprint density at radius 3 is 2.79 bits per heavy atom. The van der Waals surface area contributed by atoms with Crippen LogP contribution >= 0.6 is 0 Å². The first-order valence-electron chi connectivity index (χ1n) is 8.48. The Hall–Kier alpha value is -2.62. The van der Waals surface area contributed by atoms with Crippen LogP contribution in [0.2, 0.25) is 0 Å². The van der Waals surface area contributed by atoms with Gasteiger partial charge in [-0.05, 0) is 37.6 Å². The summed E-state index contributed by atoms with van der Waals surface area (Å²) in [6.07, 6.45) is 2.22. The van der Waals surface area contributed by atoms with Gasteiger partial charge in [0.15, 0.2) is 0 Å². The number of aryl methyl sites for hydroxylation is 2. The SMILES string of the molecule is CCCCn1c(CNC(=O)c2cccc(C)c2)nc2ccccc21. The average molecular weight is 321 g/mol. The van der Waals surface area contributed by atoms with E-state index in [0.29, 0.717) is 12.1 Å². The van der Waals surface area contributed by atoms with Crippen LogP contribution in [0.4, 0.5) is 0 Å². The second-order valence-electron chi connectivity index (χ2n) is 6.07. The van der Waals surface area contributed by atoms with E-state index in [9.17, 15) is 4.79 Å². The molecule has 0 fully saturated rings. The molecule has 0 aliphatic heterocycles. The van der Waals surface area contributed by atoms with Crippen LogP contribution in [0.25, 0.3) is 11.0 Å².